The molecule has 2 unspecified atom stereocenters. The summed E-state index contributed by atoms with van der Waals surface area (Å²) in [5.41, 5.74) is 0. The largest absolute Gasteiger partial charge is 0.316 e. The van der Waals surface area contributed by atoms with E-state index in [1.54, 1.807) is 0 Å². The fourth-order valence-corrected chi connectivity index (χ4v) is 3.70. The van der Waals surface area contributed by atoms with Gasteiger partial charge in [0.05, 0.1) is 0 Å². The van der Waals surface area contributed by atoms with Crippen molar-refractivity contribution in [3.05, 3.63) is 0 Å². The van der Waals surface area contributed by atoms with Crippen molar-refractivity contribution in [1.29, 1.82) is 0 Å². The fourth-order valence-electron chi connectivity index (χ4n) is 3.70. The van der Waals surface area contributed by atoms with E-state index in [0.717, 1.165) is 23.9 Å². The summed E-state index contributed by atoms with van der Waals surface area (Å²) in [7, 11) is 0. The first-order valence-corrected chi connectivity index (χ1v) is 6.31. The van der Waals surface area contributed by atoms with Gasteiger partial charge in [0.25, 0.3) is 0 Å². The molecule has 0 radical (unpaired) electrons. The molecule has 0 aromatic carbocycles. The van der Waals surface area contributed by atoms with Crippen LogP contribution in [0.1, 0.15) is 32.6 Å². The standard InChI is InChI=1S/C12H22N2/c1-9-6-13-7-10(9)8-14-11-2-3-12(14)5-4-11/h9-13H,2-8H2,1H3. The first-order valence-electron chi connectivity index (χ1n) is 6.31. The van der Waals surface area contributed by atoms with E-state index in [2.05, 4.69) is 17.1 Å². The molecule has 3 saturated heterocycles. The van der Waals surface area contributed by atoms with E-state index in [1.165, 1.54) is 45.3 Å². The Hall–Kier alpha value is -0.0800. The molecule has 3 rings (SSSR count). The average Bonchev–Trinajstić information content (AvgIpc) is 2.86. The molecule has 3 heterocycles. The topological polar surface area (TPSA) is 15.3 Å². The number of rotatable bonds is 2. The van der Waals surface area contributed by atoms with Crippen LogP contribution in [0.3, 0.4) is 0 Å². The van der Waals surface area contributed by atoms with Crippen LogP contribution >= 0.6 is 0 Å². The van der Waals surface area contributed by atoms with Gasteiger partial charge in [-0.1, -0.05) is 6.92 Å². The minimum atomic E-state index is 0.898. The van der Waals surface area contributed by atoms with Gasteiger partial charge in [-0.3, -0.25) is 4.90 Å². The van der Waals surface area contributed by atoms with Gasteiger partial charge in [-0.15, -0.1) is 0 Å². The summed E-state index contributed by atoms with van der Waals surface area (Å²) in [6, 6.07) is 1.93. The fraction of sp³-hybridized carbons (Fsp3) is 1.00. The Kier molecular flexibility index (Phi) is 2.29. The molecule has 0 aliphatic carbocycles. The Morgan fingerprint density at radius 2 is 1.71 bits per heavy atom. The summed E-state index contributed by atoms with van der Waals surface area (Å²) in [5.74, 6) is 1.83. The van der Waals surface area contributed by atoms with Gasteiger partial charge in [-0.2, -0.15) is 0 Å². The van der Waals surface area contributed by atoms with Gasteiger partial charge < -0.3 is 5.32 Å². The predicted octanol–water partition coefficient (Wildman–Crippen LogP) is 1.47. The first-order chi connectivity index (χ1) is 6.84. The molecule has 0 aromatic heterocycles. The highest BCUT2D eigenvalue weighted by Gasteiger charge is 2.40. The Bertz CT molecular complexity index is 196. The van der Waals surface area contributed by atoms with Crippen LogP contribution in [0.4, 0.5) is 0 Å². The molecule has 2 nitrogen and oxygen atoms in total. The van der Waals surface area contributed by atoms with E-state index in [-0.39, 0.29) is 0 Å². The Labute approximate surface area is 87.0 Å². The molecule has 0 aromatic rings. The van der Waals surface area contributed by atoms with Gasteiger partial charge >= 0.3 is 0 Å². The quantitative estimate of drug-likeness (QED) is 0.716. The van der Waals surface area contributed by atoms with Crippen LogP contribution in [-0.4, -0.2) is 36.6 Å². The molecule has 14 heavy (non-hydrogen) atoms. The zero-order valence-corrected chi connectivity index (χ0v) is 9.21. The Morgan fingerprint density at radius 1 is 1.07 bits per heavy atom. The van der Waals surface area contributed by atoms with E-state index in [1.807, 2.05) is 0 Å². The van der Waals surface area contributed by atoms with E-state index in [9.17, 15) is 0 Å². The van der Waals surface area contributed by atoms with Gasteiger partial charge in [-0.25, -0.2) is 0 Å². The lowest BCUT2D eigenvalue weighted by atomic mass is 9.97. The van der Waals surface area contributed by atoms with Crippen molar-refractivity contribution in [2.45, 2.75) is 44.7 Å². The van der Waals surface area contributed by atoms with Gasteiger partial charge in [0.2, 0.25) is 0 Å². The average molecular weight is 194 g/mol. The Balaban J connectivity index is 1.62. The lowest BCUT2D eigenvalue weighted by Gasteiger charge is -2.26. The van der Waals surface area contributed by atoms with Gasteiger partial charge in [0, 0.05) is 18.6 Å². The van der Waals surface area contributed by atoms with Crippen molar-refractivity contribution in [3.8, 4) is 0 Å². The third-order valence-electron chi connectivity index (χ3n) is 4.73. The van der Waals surface area contributed by atoms with Crippen LogP contribution < -0.4 is 5.32 Å². The van der Waals surface area contributed by atoms with Crippen LogP contribution in [0.2, 0.25) is 0 Å². The van der Waals surface area contributed by atoms with E-state index >= 15 is 0 Å². The molecule has 2 bridgehead atoms. The minimum Gasteiger partial charge on any atom is -0.316 e. The number of nitrogens with zero attached hydrogens (tertiary/aromatic N) is 1. The lowest BCUT2D eigenvalue weighted by molar-refractivity contribution is 0.200. The van der Waals surface area contributed by atoms with Crippen LogP contribution in [-0.2, 0) is 0 Å². The van der Waals surface area contributed by atoms with E-state index < -0.39 is 0 Å². The molecule has 3 aliphatic rings. The maximum atomic E-state index is 3.52. The highest BCUT2D eigenvalue weighted by Crippen LogP contribution is 2.38. The van der Waals surface area contributed by atoms with Crippen LogP contribution in [0, 0.1) is 11.8 Å². The third kappa shape index (κ3) is 1.40. The van der Waals surface area contributed by atoms with Crippen molar-refractivity contribution in [1.82, 2.24) is 10.2 Å². The maximum absolute atomic E-state index is 3.52. The van der Waals surface area contributed by atoms with Crippen LogP contribution in [0.15, 0.2) is 0 Å². The van der Waals surface area contributed by atoms with E-state index in [0.29, 0.717) is 0 Å². The second-order valence-electron chi connectivity index (χ2n) is 5.55. The van der Waals surface area contributed by atoms with Gasteiger partial charge in [0.15, 0.2) is 0 Å². The molecule has 0 saturated carbocycles. The molecule has 2 heteroatoms. The van der Waals surface area contributed by atoms with Crippen LogP contribution in [0.25, 0.3) is 0 Å². The summed E-state index contributed by atoms with van der Waals surface area (Å²) in [4.78, 5) is 2.83. The smallest absolute Gasteiger partial charge is 0.00994 e. The summed E-state index contributed by atoms with van der Waals surface area (Å²) >= 11 is 0. The minimum absolute atomic E-state index is 0.898. The summed E-state index contributed by atoms with van der Waals surface area (Å²) in [5, 5.41) is 3.52. The molecule has 80 valence electrons. The maximum Gasteiger partial charge on any atom is 0.00994 e. The van der Waals surface area contributed by atoms with Crippen molar-refractivity contribution >= 4 is 0 Å². The van der Waals surface area contributed by atoms with Crippen LogP contribution in [0.5, 0.6) is 0 Å². The highest BCUT2D eigenvalue weighted by atomic mass is 15.2. The number of nitrogens with one attached hydrogen (secondary N) is 1. The van der Waals surface area contributed by atoms with Crippen molar-refractivity contribution < 1.29 is 0 Å². The lowest BCUT2D eigenvalue weighted by Crippen LogP contribution is -2.35. The first kappa shape index (κ1) is 9.17. The molecule has 3 aliphatic heterocycles. The second-order valence-corrected chi connectivity index (χ2v) is 5.55. The van der Waals surface area contributed by atoms with Gasteiger partial charge in [-0.05, 0) is 50.6 Å². The molecular weight excluding hydrogens is 172 g/mol. The molecule has 1 N–H and O–H groups in total. The number of hydrogen-bond donors (Lipinski definition) is 1. The summed E-state index contributed by atoms with van der Waals surface area (Å²) in [6.45, 7) is 6.29. The highest BCUT2D eigenvalue weighted by molar-refractivity contribution is 4.96. The Morgan fingerprint density at radius 3 is 2.21 bits per heavy atom. The molecule has 0 amide bonds. The number of hydrogen-bond acceptors (Lipinski definition) is 2. The predicted molar refractivity (Wildman–Crippen MR) is 58.3 cm³/mol. The zero-order chi connectivity index (χ0) is 9.54. The van der Waals surface area contributed by atoms with E-state index in [4.69, 9.17) is 0 Å². The summed E-state index contributed by atoms with van der Waals surface area (Å²) in [6.07, 6.45) is 5.94. The normalized spacial score (nSPS) is 47.8. The van der Waals surface area contributed by atoms with Crippen molar-refractivity contribution in [2.75, 3.05) is 19.6 Å². The molecule has 3 fully saturated rings. The second kappa shape index (κ2) is 3.49. The van der Waals surface area contributed by atoms with Crippen molar-refractivity contribution in [2.24, 2.45) is 11.8 Å². The molecular formula is C12H22N2. The third-order valence-corrected chi connectivity index (χ3v) is 4.73. The zero-order valence-electron chi connectivity index (χ0n) is 9.21. The van der Waals surface area contributed by atoms with Crippen molar-refractivity contribution in [3.63, 3.8) is 0 Å². The molecule has 2 atom stereocenters. The number of fused-ring (bicyclic) bond motifs is 2. The summed E-state index contributed by atoms with van der Waals surface area (Å²) < 4.78 is 0. The SMILES string of the molecule is CC1CNCC1CN1C2CCC1CC2. The van der Waals surface area contributed by atoms with Gasteiger partial charge in [0.1, 0.15) is 0 Å². The monoisotopic (exact) mass is 194 g/mol. The molecule has 0 spiro atoms.